The third-order valence-electron chi connectivity index (χ3n) is 7.96. The summed E-state index contributed by atoms with van der Waals surface area (Å²) in [4.78, 5) is 31.9. The molecule has 204 valence electrons. The van der Waals surface area contributed by atoms with E-state index in [2.05, 4.69) is 22.1 Å². The smallest absolute Gasteiger partial charge is 0.433 e. The van der Waals surface area contributed by atoms with Crippen LogP contribution in [0, 0.1) is 0 Å². The maximum absolute atomic E-state index is 11.9. The first kappa shape index (κ1) is 26.0. The van der Waals surface area contributed by atoms with E-state index >= 15 is 0 Å². The summed E-state index contributed by atoms with van der Waals surface area (Å²) in [5.41, 5.74) is 7.83. The number of hydroxylamine groups is 2. The third-order valence-corrected chi connectivity index (χ3v) is 7.96. The van der Waals surface area contributed by atoms with Crippen LogP contribution >= 0.6 is 0 Å². The minimum Gasteiger partial charge on any atom is -0.433 e. The Balaban J connectivity index is 1.26. The molecule has 2 saturated carbocycles. The number of nitrogens with two attached hydrogens (primary N) is 1. The number of nitrogens with one attached hydrogen (secondary N) is 2. The molecule has 4 N–H and O–H groups in total. The van der Waals surface area contributed by atoms with Crippen molar-refractivity contribution in [2.75, 3.05) is 30.3 Å². The molecule has 2 aromatic rings. The predicted octanol–water partition coefficient (Wildman–Crippen LogP) is 4.37. The SMILES string of the molecule is CCCCOC(=O)ON1CCC(Nc2nc(N[C@H]3CC[C@H](N)CC3)nc3c2ncn3C2CCCC2)CC1. The summed E-state index contributed by atoms with van der Waals surface area (Å²) >= 11 is 0. The molecular formula is C26H42N8O3. The van der Waals surface area contributed by atoms with Crippen molar-refractivity contribution in [3.8, 4) is 0 Å². The van der Waals surface area contributed by atoms with Crippen LogP contribution in [0.4, 0.5) is 16.6 Å². The monoisotopic (exact) mass is 514 g/mol. The van der Waals surface area contributed by atoms with Gasteiger partial charge in [0.05, 0.1) is 12.9 Å². The fourth-order valence-corrected chi connectivity index (χ4v) is 5.69. The molecule has 0 aromatic carbocycles. The lowest BCUT2D eigenvalue weighted by atomic mass is 9.92. The van der Waals surface area contributed by atoms with Crippen LogP contribution in [0.25, 0.3) is 11.2 Å². The first-order valence-corrected chi connectivity index (χ1v) is 14.2. The lowest BCUT2D eigenvalue weighted by Gasteiger charge is -2.31. The highest BCUT2D eigenvalue weighted by Crippen LogP contribution is 2.34. The number of hydrogen-bond donors (Lipinski definition) is 3. The number of piperidine rings is 1. The van der Waals surface area contributed by atoms with Crippen LogP contribution in [0.15, 0.2) is 6.33 Å². The number of aromatic nitrogens is 4. The third kappa shape index (κ3) is 6.62. The van der Waals surface area contributed by atoms with Gasteiger partial charge >= 0.3 is 6.16 Å². The van der Waals surface area contributed by atoms with E-state index in [1.54, 1.807) is 5.06 Å². The number of imidazole rings is 1. The van der Waals surface area contributed by atoms with Gasteiger partial charge in [0, 0.05) is 37.3 Å². The first-order chi connectivity index (χ1) is 18.1. The van der Waals surface area contributed by atoms with Crippen molar-refractivity contribution in [2.45, 2.75) is 108 Å². The molecule has 37 heavy (non-hydrogen) atoms. The van der Waals surface area contributed by atoms with Gasteiger partial charge in [0.1, 0.15) is 0 Å². The maximum Gasteiger partial charge on any atom is 0.527 e. The Labute approximate surface area is 218 Å². The van der Waals surface area contributed by atoms with E-state index in [9.17, 15) is 4.79 Å². The van der Waals surface area contributed by atoms with E-state index in [0.717, 1.165) is 68.3 Å². The van der Waals surface area contributed by atoms with E-state index in [-0.39, 0.29) is 6.04 Å². The van der Waals surface area contributed by atoms with Gasteiger partial charge in [0.25, 0.3) is 0 Å². The van der Waals surface area contributed by atoms with Gasteiger partial charge < -0.3 is 30.5 Å². The number of hydrogen-bond acceptors (Lipinski definition) is 10. The summed E-state index contributed by atoms with van der Waals surface area (Å²) in [6, 6.07) is 1.29. The fraction of sp³-hybridized carbons (Fsp3) is 0.769. The molecule has 3 aliphatic rings. The highest BCUT2D eigenvalue weighted by Gasteiger charge is 2.27. The minimum absolute atomic E-state index is 0.200. The number of carbonyl (C=O) groups is 1. The van der Waals surface area contributed by atoms with Gasteiger partial charge in [-0.05, 0) is 57.8 Å². The van der Waals surface area contributed by atoms with Crippen LogP contribution in [0.2, 0.25) is 0 Å². The molecule has 11 nitrogen and oxygen atoms in total. The molecular weight excluding hydrogens is 472 g/mol. The lowest BCUT2D eigenvalue weighted by molar-refractivity contribution is -0.138. The Kier molecular flexibility index (Phi) is 8.60. The Morgan fingerprint density at radius 2 is 1.76 bits per heavy atom. The van der Waals surface area contributed by atoms with E-state index in [4.69, 9.17) is 30.3 Å². The summed E-state index contributed by atoms with van der Waals surface area (Å²) in [7, 11) is 0. The second kappa shape index (κ2) is 12.3. The standard InChI is InChI=1S/C26H42N8O3/c1-2-3-16-36-26(35)37-33-14-12-20(13-15-33)29-23-22-24(34(17-28-22)21-6-4-5-7-21)32-25(31-23)30-19-10-8-18(27)9-11-19/h17-21H,2-16,27H2,1H3,(H2,29,30,31,32)/t18-,19-. The zero-order chi connectivity index (χ0) is 25.6. The van der Waals surface area contributed by atoms with Crippen LogP contribution in [-0.4, -0.2) is 68.6 Å². The molecule has 3 heterocycles. The molecule has 2 aliphatic carbocycles. The van der Waals surface area contributed by atoms with Crippen LogP contribution in [0.3, 0.4) is 0 Å². The van der Waals surface area contributed by atoms with Gasteiger partial charge in [-0.3, -0.25) is 0 Å². The Morgan fingerprint density at radius 3 is 2.49 bits per heavy atom. The van der Waals surface area contributed by atoms with E-state index in [1.807, 2.05) is 6.33 Å². The summed E-state index contributed by atoms with van der Waals surface area (Å²) in [5.74, 6) is 1.43. The van der Waals surface area contributed by atoms with Crippen LogP contribution < -0.4 is 16.4 Å². The van der Waals surface area contributed by atoms with E-state index in [1.165, 1.54) is 25.7 Å². The summed E-state index contributed by atoms with van der Waals surface area (Å²) in [6.07, 6.45) is 13.7. The summed E-state index contributed by atoms with van der Waals surface area (Å²) in [5, 5.41) is 8.92. The quantitative estimate of drug-likeness (QED) is 0.327. The number of anilines is 2. The molecule has 0 unspecified atom stereocenters. The molecule has 0 spiro atoms. The second-order valence-corrected chi connectivity index (χ2v) is 10.8. The molecule has 1 aliphatic heterocycles. The summed E-state index contributed by atoms with van der Waals surface area (Å²) in [6.45, 7) is 3.73. The largest absolute Gasteiger partial charge is 0.527 e. The highest BCUT2D eigenvalue weighted by molar-refractivity contribution is 5.84. The number of unbranched alkanes of at least 4 members (excludes halogenated alkanes) is 1. The van der Waals surface area contributed by atoms with Gasteiger partial charge in [0.15, 0.2) is 17.0 Å². The van der Waals surface area contributed by atoms with Crippen LogP contribution in [0.1, 0.15) is 90.0 Å². The van der Waals surface area contributed by atoms with Gasteiger partial charge in [-0.25, -0.2) is 9.78 Å². The molecule has 0 radical (unpaired) electrons. The number of nitrogens with zero attached hydrogens (tertiary/aromatic N) is 5. The minimum atomic E-state index is -0.616. The zero-order valence-electron chi connectivity index (χ0n) is 22.0. The van der Waals surface area contributed by atoms with Crippen molar-refractivity contribution < 1.29 is 14.4 Å². The van der Waals surface area contributed by atoms with E-state index in [0.29, 0.717) is 43.8 Å². The van der Waals surface area contributed by atoms with Crippen molar-refractivity contribution in [3.05, 3.63) is 6.33 Å². The topological polar surface area (TPSA) is 132 Å². The molecule has 0 atom stereocenters. The fourth-order valence-electron chi connectivity index (χ4n) is 5.69. The predicted molar refractivity (Wildman–Crippen MR) is 142 cm³/mol. The molecule has 2 aromatic heterocycles. The molecule has 0 amide bonds. The molecule has 11 heteroatoms. The average Bonchev–Trinajstić information content (AvgIpc) is 3.57. The van der Waals surface area contributed by atoms with Gasteiger partial charge in [-0.1, -0.05) is 26.2 Å². The Hall–Kier alpha value is -2.66. The number of ether oxygens (including phenoxy) is 1. The zero-order valence-corrected chi connectivity index (χ0v) is 22.0. The van der Waals surface area contributed by atoms with Crippen molar-refractivity contribution in [1.29, 1.82) is 0 Å². The number of carbonyl (C=O) groups excluding carboxylic acids is 1. The first-order valence-electron chi connectivity index (χ1n) is 14.2. The van der Waals surface area contributed by atoms with Crippen LogP contribution in [0.5, 0.6) is 0 Å². The van der Waals surface area contributed by atoms with Crippen molar-refractivity contribution in [1.82, 2.24) is 24.6 Å². The molecule has 0 bridgehead atoms. The Bertz CT molecular complexity index is 1020. The number of fused-ring (bicyclic) bond motifs is 1. The van der Waals surface area contributed by atoms with Crippen molar-refractivity contribution >= 4 is 29.1 Å². The molecule has 1 saturated heterocycles. The summed E-state index contributed by atoms with van der Waals surface area (Å²) < 4.78 is 7.37. The normalized spacial score (nSPS) is 23.8. The van der Waals surface area contributed by atoms with Crippen molar-refractivity contribution in [2.24, 2.45) is 5.73 Å². The number of rotatable bonds is 9. The molecule has 3 fully saturated rings. The van der Waals surface area contributed by atoms with Gasteiger partial charge in [0.2, 0.25) is 5.95 Å². The molecule has 5 rings (SSSR count). The van der Waals surface area contributed by atoms with Gasteiger partial charge in [-0.2, -0.15) is 9.97 Å². The maximum atomic E-state index is 11.9. The second-order valence-electron chi connectivity index (χ2n) is 10.8. The van der Waals surface area contributed by atoms with Crippen molar-refractivity contribution in [3.63, 3.8) is 0 Å². The van der Waals surface area contributed by atoms with Gasteiger partial charge in [-0.15, -0.1) is 5.06 Å². The van der Waals surface area contributed by atoms with E-state index < -0.39 is 6.16 Å². The lowest BCUT2D eigenvalue weighted by Crippen LogP contribution is -2.40. The average molecular weight is 515 g/mol. The highest BCUT2D eigenvalue weighted by atomic mass is 16.8. The van der Waals surface area contributed by atoms with Crippen LogP contribution in [-0.2, 0) is 9.57 Å². The Morgan fingerprint density at radius 1 is 1.03 bits per heavy atom.